The fourth-order valence-corrected chi connectivity index (χ4v) is 2.15. The first-order valence-corrected chi connectivity index (χ1v) is 6.34. The third-order valence-corrected chi connectivity index (χ3v) is 3.05. The van der Waals surface area contributed by atoms with Crippen LogP contribution >= 0.6 is 11.5 Å². The number of rotatable bonds is 4. The average Bonchev–Trinajstić information content (AvgIpc) is 2.76. The van der Waals surface area contributed by atoms with E-state index in [9.17, 15) is 9.59 Å². The summed E-state index contributed by atoms with van der Waals surface area (Å²) >= 11 is 0.939. The summed E-state index contributed by atoms with van der Waals surface area (Å²) in [6.07, 6.45) is 5.00. The Hall–Kier alpha value is -1.94. The summed E-state index contributed by atoms with van der Waals surface area (Å²) in [6.45, 7) is 5.70. The SMILES string of the molecule is C#CCC(NC(=O)c1snnc1C(C)(C)C)C(=O)O. The molecule has 19 heavy (non-hydrogen) atoms. The van der Waals surface area contributed by atoms with Gasteiger partial charge in [0.1, 0.15) is 10.9 Å². The summed E-state index contributed by atoms with van der Waals surface area (Å²) in [5, 5.41) is 15.3. The summed E-state index contributed by atoms with van der Waals surface area (Å²) in [5.41, 5.74) is 0.199. The van der Waals surface area contributed by atoms with Crippen LogP contribution in [0.4, 0.5) is 0 Å². The summed E-state index contributed by atoms with van der Waals surface area (Å²) in [5.74, 6) is 0.544. The monoisotopic (exact) mass is 281 g/mol. The van der Waals surface area contributed by atoms with Gasteiger partial charge in [0.15, 0.2) is 0 Å². The van der Waals surface area contributed by atoms with Crippen LogP contribution in [0.25, 0.3) is 0 Å². The van der Waals surface area contributed by atoms with Gasteiger partial charge in [0.2, 0.25) is 0 Å². The molecule has 1 aromatic rings. The molecule has 0 saturated carbocycles. The lowest BCUT2D eigenvalue weighted by Gasteiger charge is -2.17. The Morgan fingerprint density at radius 3 is 2.63 bits per heavy atom. The van der Waals surface area contributed by atoms with Gasteiger partial charge in [-0.1, -0.05) is 25.3 Å². The van der Waals surface area contributed by atoms with E-state index in [4.69, 9.17) is 11.5 Å². The summed E-state index contributed by atoms with van der Waals surface area (Å²) in [4.78, 5) is 23.3. The van der Waals surface area contributed by atoms with Gasteiger partial charge in [-0.25, -0.2) is 4.79 Å². The number of nitrogens with one attached hydrogen (secondary N) is 1. The van der Waals surface area contributed by atoms with E-state index in [1.54, 1.807) is 0 Å². The third kappa shape index (κ3) is 3.76. The van der Waals surface area contributed by atoms with Crippen LogP contribution in [0.3, 0.4) is 0 Å². The summed E-state index contributed by atoms with van der Waals surface area (Å²) in [6, 6.07) is -1.10. The van der Waals surface area contributed by atoms with Crippen LogP contribution < -0.4 is 5.32 Å². The van der Waals surface area contributed by atoms with Crippen LogP contribution in [0.5, 0.6) is 0 Å². The highest BCUT2D eigenvalue weighted by Crippen LogP contribution is 2.25. The lowest BCUT2D eigenvalue weighted by Crippen LogP contribution is -2.40. The topological polar surface area (TPSA) is 92.2 Å². The minimum Gasteiger partial charge on any atom is -0.480 e. The molecule has 0 fully saturated rings. The van der Waals surface area contributed by atoms with Gasteiger partial charge < -0.3 is 10.4 Å². The number of carbonyl (C=O) groups is 2. The van der Waals surface area contributed by atoms with E-state index in [0.717, 1.165) is 11.5 Å². The number of hydrogen-bond acceptors (Lipinski definition) is 5. The first-order valence-electron chi connectivity index (χ1n) is 5.57. The highest BCUT2D eigenvalue weighted by atomic mass is 32.1. The molecule has 6 nitrogen and oxygen atoms in total. The molecule has 7 heteroatoms. The number of aliphatic carboxylic acids is 1. The van der Waals surface area contributed by atoms with Crippen molar-refractivity contribution < 1.29 is 14.7 Å². The molecule has 0 aliphatic rings. The maximum atomic E-state index is 12.1. The molecule has 2 N–H and O–H groups in total. The van der Waals surface area contributed by atoms with Crippen LogP contribution in [-0.2, 0) is 10.2 Å². The Morgan fingerprint density at radius 2 is 2.16 bits per heavy atom. The quantitative estimate of drug-likeness (QED) is 0.805. The van der Waals surface area contributed by atoms with Crippen molar-refractivity contribution in [1.29, 1.82) is 0 Å². The number of terminal acetylenes is 1. The molecular formula is C12H15N3O3S. The Labute approximate surface area is 115 Å². The maximum absolute atomic E-state index is 12.1. The number of carboxylic acid groups (broad SMARTS) is 1. The Kier molecular flexibility index (Phi) is 4.62. The summed E-state index contributed by atoms with van der Waals surface area (Å²) < 4.78 is 3.75. The van der Waals surface area contributed by atoms with Crippen LogP contribution in [-0.4, -0.2) is 32.6 Å². The van der Waals surface area contributed by atoms with Gasteiger partial charge in [0, 0.05) is 11.8 Å². The molecule has 1 atom stereocenters. The van der Waals surface area contributed by atoms with Crippen molar-refractivity contribution in [3.63, 3.8) is 0 Å². The predicted molar refractivity (Wildman–Crippen MR) is 70.9 cm³/mol. The fourth-order valence-electron chi connectivity index (χ4n) is 1.37. The Morgan fingerprint density at radius 1 is 1.53 bits per heavy atom. The normalized spacial score (nSPS) is 12.5. The zero-order valence-corrected chi connectivity index (χ0v) is 11.7. The number of carboxylic acids is 1. The predicted octanol–water partition coefficient (Wildman–Crippen LogP) is 1.04. The molecule has 0 aliphatic heterocycles. The third-order valence-electron chi connectivity index (χ3n) is 2.33. The minimum atomic E-state index is -1.17. The van der Waals surface area contributed by atoms with Crippen LogP contribution in [0.1, 0.15) is 42.6 Å². The standard InChI is InChI=1S/C12H15N3O3S/c1-5-6-7(11(17)18)13-10(16)8-9(12(2,3)4)14-15-19-8/h1,7H,6H2,2-4H3,(H,13,16)(H,17,18). The first-order chi connectivity index (χ1) is 8.77. The zero-order valence-electron chi connectivity index (χ0n) is 10.9. The van der Waals surface area contributed by atoms with E-state index in [2.05, 4.69) is 20.8 Å². The van der Waals surface area contributed by atoms with Crippen LogP contribution in [0.15, 0.2) is 0 Å². The Balaban J connectivity index is 2.93. The molecule has 0 aromatic carbocycles. The fraction of sp³-hybridized carbons (Fsp3) is 0.500. The lowest BCUT2D eigenvalue weighted by atomic mass is 9.91. The second-order valence-corrected chi connectivity index (χ2v) is 5.73. The molecule has 0 radical (unpaired) electrons. The van der Waals surface area contributed by atoms with E-state index in [-0.39, 0.29) is 11.8 Å². The van der Waals surface area contributed by atoms with Crippen molar-refractivity contribution >= 4 is 23.4 Å². The minimum absolute atomic E-state index is 0.0713. The second-order valence-electron chi connectivity index (χ2n) is 4.97. The Bertz CT molecular complexity index is 525. The number of aromatic nitrogens is 2. The van der Waals surface area contributed by atoms with Crippen molar-refractivity contribution in [2.24, 2.45) is 0 Å². The molecule has 102 valence electrons. The molecule has 1 aromatic heterocycles. The largest absolute Gasteiger partial charge is 0.480 e. The lowest BCUT2D eigenvalue weighted by molar-refractivity contribution is -0.139. The van der Waals surface area contributed by atoms with Gasteiger partial charge >= 0.3 is 5.97 Å². The van der Waals surface area contributed by atoms with Gasteiger partial charge in [-0.05, 0) is 11.5 Å². The van der Waals surface area contributed by atoms with Crippen LogP contribution in [0, 0.1) is 12.3 Å². The van der Waals surface area contributed by atoms with Gasteiger partial charge in [-0.2, -0.15) is 0 Å². The molecular weight excluding hydrogens is 266 g/mol. The van der Waals surface area contributed by atoms with E-state index in [1.165, 1.54) is 0 Å². The zero-order chi connectivity index (χ0) is 14.6. The number of hydrogen-bond donors (Lipinski definition) is 2. The van der Waals surface area contributed by atoms with Gasteiger partial charge in [-0.15, -0.1) is 17.4 Å². The molecule has 0 aliphatic carbocycles. The van der Waals surface area contributed by atoms with Crippen LogP contribution in [0.2, 0.25) is 0 Å². The van der Waals surface area contributed by atoms with E-state index < -0.39 is 17.9 Å². The molecule has 1 unspecified atom stereocenters. The molecule has 1 amide bonds. The smallest absolute Gasteiger partial charge is 0.327 e. The van der Waals surface area contributed by atoms with E-state index >= 15 is 0 Å². The number of nitrogens with zero attached hydrogens (tertiary/aromatic N) is 2. The molecule has 0 saturated heterocycles. The van der Waals surface area contributed by atoms with Gasteiger partial charge in [-0.3, -0.25) is 4.79 Å². The van der Waals surface area contributed by atoms with Gasteiger partial charge in [0.25, 0.3) is 5.91 Å². The molecule has 1 heterocycles. The summed E-state index contributed by atoms with van der Waals surface area (Å²) in [7, 11) is 0. The molecule has 1 rings (SSSR count). The molecule has 0 bridgehead atoms. The maximum Gasteiger partial charge on any atom is 0.327 e. The highest BCUT2D eigenvalue weighted by Gasteiger charge is 2.28. The van der Waals surface area contributed by atoms with E-state index in [0.29, 0.717) is 10.6 Å². The number of carbonyl (C=O) groups excluding carboxylic acids is 1. The van der Waals surface area contributed by atoms with Crippen molar-refractivity contribution in [3.8, 4) is 12.3 Å². The first kappa shape index (κ1) is 15.1. The van der Waals surface area contributed by atoms with Gasteiger partial charge in [0.05, 0.1) is 5.69 Å². The number of amides is 1. The van der Waals surface area contributed by atoms with Crippen molar-refractivity contribution in [2.45, 2.75) is 38.6 Å². The van der Waals surface area contributed by atoms with Crippen molar-refractivity contribution in [3.05, 3.63) is 10.6 Å². The second kappa shape index (κ2) is 5.80. The van der Waals surface area contributed by atoms with Crippen molar-refractivity contribution in [1.82, 2.24) is 14.9 Å². The molecule has 0 spiro atoms. The van der Waals surface area contributed by atoms with Crippen molar-refractivity contribution in [2.75, 3.05) is 0 Å². The highest BCUT2D eigenvalue weighted by molar-refractivity contribution is 7.08. The average molecular weight is 281 g/mol. The van der Waals surface area contributed by atoms with E-state index in [1.807, 2.05) is 20.8 Å².